The number of aliphatic hydroxyl groups excluding tert-OH is 1. The van der Waals surface area contributed by atoms with E-state index < -0.39 is 0 Å². The number of hydrogen-bond donors (Lipinski definition) is 2. The molecule has 0 spiro atoms. The molecule has 6 nitrogen and oxygen atoms in total. The van der Waals surface area contributed by atoms with Crippen molar-refractivity contribution < 1.29 is 9.90 Å². The molecule has 0 aliphatic heterocycles. The van der Waals surface area contributed by atoms with Crippen LogP contribution in [-0.2, 0) is 17.9 Å². The van der Waals surface area contributed by atoms with Crippen LogP contribution < -0.4 is 5.32 Å². The van der Waals surface area contributed by atoms with Gasteiger partial charge in [0.1, 0.15) is 0 Å². The fraction of sp³-hybridized carbons (Fsp3) is 0.188. The largest absolute Gasteiger partial charge is 0.390 e. The Kier molecular flexibility index (Phi) is 5.63. The molecule has 0 atom stereocenters. The van der Waals surface area contributed by atoms with Crippen LogP contribution in [0.15, 0.2) is 53.3 Å². The minimum absolute atomic E-state index is 0.124. The Morgan fingerprint density at radius 1 is 1.33 bits per heavy atom. The molecule has 0 fully saturated rings. The Bertz CT molecular complexity index is 788. The van der Waals surface area contributed by atoms with E-state index >= 15 is 0 Å². The lowest BCUT2D eigenvalue weighted by molar-refractivity contribution is -0.113. The normalized spacial score (nSPS) is 10.7. The summed E-state index contributed by atoms with van der Waals surface area (Å²) < 4.78 is 1.95. The number of carbonyl (C=O) groups is 1. The number of aromatic nitrogens is 3. The van der Waals surface area contributed by atoms with E-state index in [0.29, 0.717) is 22.5 Å². The third-order valence-corrected chi connectivity index (χ3v) is 4.84. The maximum atomic E-state index is 12.0. The summed E-state index contributed by atoms with van der Waals surface area (Å²) in [5, 5.41) is 15.2. The first-order valence-corrected chi connectivity index (χ1v) is 9.14. The van der Waals surface area contributed by atoms with Crippen molar-refractivity contribution in [2.45, 2.75) is 18.3 Å². The molecular weight excluding hydrogens is 344 g/mol. The van der Waals surface area contributed by atoms with Gasteiger partial charge in [0.05, 0.1) is 18.1 Å². The van der Waals surface area contributed by atoms with Gasteiger partial charge in [0.25, 0.3) is 0 Å². The monoisotopic (exact) mass is 360 g/mol. The SMILES string of the molecule is O=C(CSc1nc(CO)cn1Cc1ccccc1)Nc1nccs1. The van der Waals surface area contributed by atoms with Gasteiger partial charge in [-0.1, -0.05) is 42.1 Å². The summed E-state index contributed by atoms with van der Waals surface area (Å²) >= 11 is 2.72. The fourth-order valence-electron chi connectivity index (χ4n) is 2.11. The minimum atomic E-state index is -0.130. The lowest BCUT2D eigenvalue weighted by Crippen LogP contribution is -2.14. The summed E-state index contributed by atoms with van der Waals surface area (Å²) in [6, 6.07) is 9.99. The lowest BCUT2D eigenvalue weighted by Gasteiger charge is -2.07. The molecule has 0 saturated carbocycles. The van der Waals surface area contributed by atoms with E-state index in [1.807, 2.05) is 46.5 Å². The van der Waals surface area contributed by atoms with Gasteiger partial charge >= 0.3 is 0 Å². The molecule has 0 radical (unpaired) electrons. The number of amides is 1. The van der Waals surface area contributed by atoms with Gasteiger partial charge < -0.3 is 15.0 Å². The summed E-state index contributed by atoms with van der Waals surface area (Å²) in [6.45, 7) is 0.519. The molecule has 3 rings (SSSR count). The summed E-state index contributed by atoms with van der Waals surface area (Å²) in [6.07, 6.45) is 3.46. The Morgan fingerprint density at radius 3 is 2.88 bits per heavy atom. The topological polar surface area (TPSA) is 80.0 Å². The van der Waals surface area contributed by atoms with Crippen LogP contribution in [0.25, 0.3) is 0 Å². The number of thioether (sulfide) groups is 1. The molecule has 8 heteroatoms. The highest BCUT2D eigenvalue weighted by Crippen LogP contribution is 2.20. The number of hydrogen-bond acceptors (Lipinski definition) is 6. The molecule has 0 aliphatic rings. The second-order valence-electron chi connectivity index (χ2n) is 4.96. The molecule has 124 valence electrons. The van der Waals surface area contributed by atoms with Gasteiger partial charge in [0, 0.05) is 24.3 Å². The predicted octanol–water partition coefficient (Wildman–Crippen LogP) is 2.61. The number of nitrogens with one attached hydrogen (secondary N) is 1. The van der Waals surface area contributed by atoms with E-state index in [9.17, 15) is 9.90 Å². The van der Waals surface area contributed by atoms with Crippen LogP contribution in [-0.4, -0.2) is 31.3 Å². The first-order valence-electron chi connectivity index (χ1n) is 7.27. The molecule has 0 bridgehead atoms. The smallest absolute Gasteiger partial charge is 0.236 e. The maximum absolute atomic E-state index is 12.0. The average Bonchev–Trinajstić information content (AvgIpc) is 3.24. The number of benzene rings is 1. The van der Waals surface area contributed by atoms with Crippen LogP contribution in [0.3, 0.4) is 0 Å². The standard InChI is InChI=1S/C16H16N4O2S2/c21-10-13-9-20(8-12-4-2-1-3-5-12)16(18-13)24-11-14(22)19-15-17-6-7-23-15/h1-7,9,21H,8,10-11H2,(H,17,19,22). The lowest BCUT2D eigenvalue weighted by atomic mass is 10.2. The van der Waals surface area contributed by atoms with Crippen molar-refractivity contribution >= 4 is 34.1 Å². The van der Waals surface area contributed by atoms with Crippen molar-refractivity contribution in [1.29, 1.82) is 0 Å². The van der Waals surface area contributed by atoms with Gasteiger partial charge in [-0.3, -0.25) is 4.79 Å². The highest BCUT2D eigenvalue weighted by Gasteiger charge is 2.12. The molecule has 2 N–H and O–H groups in total. The van der Waals surface area contributed by atoms with E-state index in [4.69, 9.17) is 0 Å². The zero-order valence-electron chi connectivity index (χ0n) is 12.8. The number of aliphatic hydroxyl groups is 1. The quantitative estimate of drug-likeness (QED) is 0.633. The first-order chi connectivity index (χ1) is 11.7. The molecule has 2 heterocycles. The van der Waals surface area contributed by atoms with E-state index in [-0.39, 0.29) is 18.3 Å². The summed E-state index contributed by atoms with van der Waals surface area (Å²) in [4.78, 5) is 20.4. The molecule has 3 aromatic rings. The number of rotatable bonds is 7. The van der Waals surface area contributed by atoms with Crippen molar-refractivity contribution in [2.24, 2.45) is 0 Å². The van der Waals surface area contributed by atoms with Crippen molar-refractivity contribution in [3.63, 3.8) is 0 Å². The van der Waals surface area contributed by atoms with Crippen LogP contribution in [0.2, 0.25) is 0 Å². The van der Waals surface area contributed by atoms with Crippen LogP contribution in [0.1, 0.15) is 11.3 Å². The first kappa shape index (κ1) is 16.7. The van der Waals surface area contributed by atoms with Gasteiger partial charge in [-0.25, -0.2) is 9.97 Å². The summed E-state index contributed by atoms with van der Waals surface area (Å²) in [7, 11) is 0. The van der Waals surface area contributed by atoms with Crippen molar-refractivity contribution in [1.82, 2.24) is 14.5 Å². The molecule has 1 aromatic carbocycles. The van der Waals surface area contributed by atoms with Gasteiger partial charge in [-0.05, 0) is 5.56 Å². The maximum Gasteiger partial charge on any atom is 0.236 e. The van der Waals surface area contributed by atoms with Crippen LogP contribution in [0.4, 0.5) is 5.13 Å². The van der Waals surface area contributed by atoms with E-state index in [2.05, 4.69) is 15.3 Å². The Balaban J connectivity index is 1.65. The highest BCUT2D eigenvalue weighted by atomic mass is 32.2. The molecule has 0 unspecified atom stereocenters. The van der Waals surface area contributed by atoms with Crippen LogP contribution >= 0.6 is 23.1 Å². The Hall–Kier alpha value is -2.16. The molecule has 2 aromatic heterocycles. The van der Waals surface area contributed by atoms with Gasteiger partial charge in [0.15, 0.2) is 10.3 Å². The zero-order valence-corrected chi connectivity index (χ0v) is 14.4. The predicted molar refractivity (Wildman–Crippen MR) is 95.2 cm³/mol. The third-order valence-electron chi connectivity index (χ3n) is 3.16. The van der Waals surface area contributed by atoms with Crippen LogP contribution in [0, 0.1) is 0 Å². The highest BCUT2D eigenvalue weighted by molar-refractivity contribution is 7.99. The molecule has 0 saturated heterocycles. The second-order valence-corrected chi connectivity index (χ2v) is 6.80. The van der Waals surface area contributed by atoms with E-state index in [0.717, 1.165) is 5.56 Å². The molecule has 24 heavy (non-hydrogen) atoms. The molecular formula is C16H16N4O2S2. The third kappa shape index (κ3) is 4.44. The van der Waals surface area contributed by atoms with Crippen LogP contribution in [0.5, 0.6) is 0 Å². The van der Waals surface area contributed by atoms with Crippen molar-refractivity contribution in [3.05, 3.63) is 59.4 Å². The number of imidazole rings is 1. The number of nitrogens with zero attached hydrogens (tertiary/aromatic N) is 3. The Labute approximate surface area is 147 Å². The number of anilines is 1. The van der Waals surface area contributed by atoms with E-state index in [1.54, 1.807) is 6.20 Å². The second kappa shape index (κ2) is 8.09. The molecule has 1 amide bonds. The average molecular weight is 360 g/mol. The van der Waals surface area contributed by atoms with Crippen molar-refractivity contribution in [3.8, 4) is 0 Å². The zero-order chi connectivity index (χ0) is 16.8. The van der Waals surface area contributed by atoms with Crippen molar-refractivity contribution in [2.75, 3.05) is 11.1 Å². The molecule has 0 aliphatic carbocycles. The van der Waals surface area contributed by atoms with E-state index in [1.165, 1.54) is 23.1 Å². The minimum Gasteiger partial charge on any atom is -0.390 e. The number of carbonyl (C=O) groups excluding carboxylic acids is 1. The Morgan fingerprint density at radius 2 is 2.17 bits per heavy atom. The van der Waals surface area contributed by atoms with Gasteiger partial charge in [0.2, 0.25) is 5.91 Å². The number of thiazole rings is 1. The summed E-state index contributed by atoms with van der Waals surface area (Å²) in [5.41, 5.74) is 1.72. The summed E-state index contributed by atoms with van der Waals surface area (Å²) in [5.74, 6) is 0.103. The van der Waals surface area contributed by atoms with Gasteiger partial charge in [-0.2, -0.15) is 0 Å². The fourth-order valence-corrected chi connectivity index (χ4v) is 3.45. The van der Waals surface area contributed by atoms with Gasteiger partial charge in [-0.15, -0.1) is 11.3 Å².